The topological polar surface area (TPSA) is 72.9 Å². The molecule has 1 atom stereocenters. The fourth-order valence-corrected chi connectivity index (χ4v) is 3.89. The molecule has 0 aromatic heterocycles. The highest BCUT2D eigenvalue weighted by Crippen LogP contribution is 2.30. The van der Waals surface area contributed by atoms with E-state index in [0.29, 0.717) is 11.1 Å². The molecule has 180 valence electrons. The van der Waals surface area contributed by atoms with E-state index < -0.39 is 29.7 Å². The first kappa shape index (κ1) is 24.0. The third kappa shape index (κ3) is 5.18. The summed E-state index contributed by atoms with van der Waals surface area (Å²) in [4.78, 5) is 39.1. The maximum Gasteiger partial charge on any atom is 0.416 e. The van der Waals surface area contributed by atoms with E-state index in [1.807, 2.05) is 12.1 Å². The van der Waals surface area contributed by atoms with Crippen LogP contribution in [0.2, 0.25) is 0 Å². The summed E-state index contributed by atoms with van der Waals surface area (Å²) in [5, 5.41) is 0. The number of nitrogens with zero attached hydrogens (tertiary/aromatic N) is 1. The Morgan fingerprint density at radius 2 is 1.71 bits per heavy atom. The van der Waals surface area contributed by atoms with E-state index in [1.54, 1.807) is 24.3 Å². The van der Waals surface area contributed by atoms with Crippen molar-refractivity contribution in [3.8, 4) is 5.75 Å². The highest BCUT2D eigenvalue weighted by molar-refractivity contribution is 6.00. The average Bonchev–Trinajstić information content (AvgIpc) is 3.19. The van der Waals surface area contributed by atoms with Crippen LogP contribution in [0.25, 0.3) is 0 Å². The first-order valence-electron chi connectivity index (χ1n) is 10.6. The molecule has 3 aromatic carbocycles. The summed E-state index contributed by atoms with van der Waals surface area (Å²) in [7, 11) is 1.25. The van der Waals surface area contributed by atoms with Gasteiger partial charge in [-0.2, -0.15) is 13.2 Å². The quantitative estimate of drug-likeness (QED) is 0.377. The number of rotatable bonds is 6. The van der Waals surface area contributed by atoms with Gasteiger partial charge in [0.2, 0.25) is 0 Å². The van der Waals surface area contributed by atoms with Crippen LogP contribution in [-0.2, 0) is 28.7 Å². The zero-order chi connectivity index (χ0) is 25.2. The van der Waals surface area contributed by atoms with Crippen LogP contribution in [0.5, 0.6) is 5.75 Å². The molecule has 1 heterocycles. The van der Waals surface area contributed by atoms with Gasteiger partial charge in [-0.3, -0.25) is 4.79 Å². The molecule has 4 rings (SSSR count). The van der Waals surface area contributed by atoms with Crippen molar-refractivity contribution in [1.82, 2.24) is 4.90 Å². The van der Waals surface area contributed by atoms with Crippen molar-refractivity contribution < 1.29 is 37.0 Å². The van der Waals surface area contributed by atoms with Crippen LogP contribution >= 0.6 is 0 Å². The van der Waals surface area contributed by atoms with Crippen LogP contribution in [0.1, 0.15) is 37.4 Å². The summed E-state index contributed by atoms with van der Waals surface area (Å²) in [5.74, 6) is -1.64. The number of carbonyl (C=O) groups excluding carboxylic acids is 3. The molecule has 0 spiro atoms. The Balaban J connectivity index is 1.46. The van der Waals surface area contributed by atoms with E-state index in [-0.39, 0.29) is 30.2 Å². The molecule has 1 aliphatic rings. The highest BCUT2D eigenvalue weighted by Gasteiger charge is 2.37. The molecule has 0 aliphatic carbocycles. The number of alkyl halides is 3. The number of benzene rings is 3. The number of ether oxygens (including phenoxy) is 2. The number of halogens is 3. The van der Waals surface area contributed by atoms with Crippen molar-refractivity contribution in [3.05, 3.63) is 101 Å². The van der Waals surface area contributed by atoms with E-state index >= 15 is 0 Å². The van der Waals surface area contributed by atoms with Crippen LogP contribution < -0.4 is 4.74 Å². The smallest absolute Gasteiger partial charge is 0.416 e. The fourth-order valence-electron chi connectivity index (χ4n) is 3.89. The Labute approximate surface area is 198 Å². The molecular formula is C26H20F3NO5. The minimum atomic E-state index is -4.58. The van der Waals surface area contributed by atoms with Crippen molar-refractivity contribution in [2.75, 3.05) is 7.11 Å². The lowest BCUT2D eigenvalue weighted by Gasteiger charge is -2.25. The lowest BCUT2D eigenvalue weighted by molar-refractivity contribution is -0.146. The molecule has 3 aromatic rings. The van der Waals surface area contributed by atoms with Gasteiger partial charge in [-0.05, 0) is 47.5 Å². The van der Waals surface area contributed by atoms with E-state index in [4.69, 9.17) is 9.47 Å². The molecule has 35 heavy (non-hydrogen) atoms. The lowest BCUT2D eigenvalue weighted by atomic mass is 10.0. The van der Waals surface area contributed by atoms with Crippen LogP contribution in [0.4, 0.5) is 13.2 Å². The number of carbonyl (C=O) groups is 3. The number of esters is 2. The molecule has 0 saturated heterocycles. The van der Waals surface area contributed by atoms with Crippen molar-refractivity contribution in [1.29, 1.82) is 0 Å². The number of amides is 1. The summed E-state index contributed by atoms with van der Waals surface area (Å²) >= 11 is 0. The zero-order valence-electron chi connectivity index (χ0n) is 18.5. The van der Waals surface area contributed by atoms with Gasteiger partial charge in [-0.15, -0.1) is 0 Å². The Kier molecular flexibility index (Phi) is 6.59. The Morgan fingerprint density at radius 3 is 2.37 bits per heavy atom. The summed E-state index contributed by atoms with van der Waals surface area (Å²) in [5.41, 5.74) is 0.848. The SMILES string of the molecule is COC(=O)[C@H](Cc1ccc(OC(=O)c2cccc(C(F)(F)F)c2)cc1)N1Cc2ccccc2C1=O. The molecule has 9 heteroatoms. The third-order valence-electron chi connectivity index (χ3n) is 5.69. The molecule has 0 bridgehead atoms. The van der Waals surface area contributed by atoms with Crippen molar-refractivity contribution >= 4 is 17.8 Å². The molecule has 0 unspecified atom stereocenters. The first-order valence-corrected chi connectivity index (χ1v) is 10.6. The molecule has 0 fully saturated rings. The van der Waals surface area contributed by atoms with Crippen LogP contribution in [-0.4, -0.2) is 35.9 Å². The molecule has 0 saturated carbocycles. The van der Waals surface area contributed by atoms with Gasteiger partial charge in [0, 0.05) is 18.5 Å². The van der Waals surface area contributed by atoms with Gasteiger partial charge in [0.1, 0.15) is 11.8 Å². The zero-order valence-corrected chi connectivity index (χ0v) is 18.5. The van der Waals surface area contributed by atoms with E-state index in [0.717, 1.165) is 23.8 Å². The van der Waals surface area contributed by atoms with E-state index in [9.17, 15) is 27.6 Å². The summed E-state index contributed by atoms with van der Waals surface area (Å²) in [6.07, 6.45) is -4.42. The Bertz CT molecular complexity index is 1270. The van der Waals surface area contributed by atoms with E-state index in [1.165, 1.54) is 30.2 Å². The molecule has 0 radical (unpaired) electrons. The van der Waals surface area contributed by atoms with Crippen LogP contribution in [0.15, 0.2) is 72.8 Å². The van der Waals surface area contributed by atoms with Crippen molar-refractivity contribution in [3.63, 3.8) is 0 Å². The van der Waals surface area contributed by atoms with Gasteiger partial charge in [0.25, 0.3) is 5.91 Å². The minimum absolute atomic E-state index is 0.121. The fraction of sp³-hybridized carbons (Fsp3) is 0.192. The number of hydrogen-bond donors (Lipinski definition) is 0. The molecule has 0 N–H and O–H groups in total. The second kappa shape index (κ2) is 9.61. The van der Waals surface area contributed by atoms with Gasteiger partial charge in [-0.1, -0.05) is 36.4 Å². The van der Waals surface area contributed by atoms with Crippen LogP contribution in [0.3, 0.4) is 0 Å². The Morgan fingerprint density at radius 1 is 1.00 bits per heavy atom. The van der Waals surface area contributed by atoms with Gasteiger partial charge in [-0.25, -0.2) is 9.59 Å². The van der Waals surface area contributed by atoms with Gasteiger partial charge in [0.05, 0.1) is 18.2 Å². The molecule has 1 amide bonds. The van der Waals surface area contributed by atoms with Crippen LogP contribution in [0, 0.1) is 0 Å². The van der Waals surface area contributed by atoms with Crippen molar-refractivity contribution in [2.45, 2.75) is 25.2 Å². The second-order valence-corrected chi connectivity index (χ2v) is 7.95. The monoisotopic (exact) mass is 483 g/mol. The highest BCUT2D eigenvalue weighted by atomic mass is 19.4. The predicted octanol–water partition coefficient (Wildman–Crippen LogP) is 4.66. The van der Waals surface area contributed by atoms with Gasteiger partial charge in [0.15, 0.2) is 0 Å². The van der Waals surface area contributed by atoms with Gasteiger partial charge >= 0.3 is 18.1 Å². The van der Waals surface area contributed by atoms with E-state index in [2.05, 4.69) is 0 Å². The predicted molar refractivity (Wildman–Crippen MR) is 119 cm³/mol. The summed E-state index contributed by atoms with van der Waals surface area (Å²) in [6.45, 7) is 0.279. The first-order chi connectivity index (χ1) is 16.7. The minimum Gasteiger partial charge on any atom is -0.467 e. The third-order valence-corrected chi connectivity index (χ3v) is 5.69. The van der Waals surface area contributed by atoms with Crippen molar-refractivity contribution in [2.24, 2.45) is 0 Å². The largest absolute Gasteiger partial charge is 0.467 e. The second-order valence-electron chi connectivity index (χ2n) is 7.95. The maximum atomic E-state index is 12.9. The van der Waals surface area contributed by atoms with Gasteiger partial charge < -0.3 is 14.4 Å². The number of fused-ring (bicyclic) bond motifs is 1. The average molecular weight is 483 g/mol. The maximum absolute atomic E-state index is 12.9. The normalized spacial score (nSPS) is 13.8. The number of methoxy groups -OCH3 is 1. The summed E-state index contributed by atoms with van der Waals surface area (Å²) in [6, 6.07) is 16.4. The molecular weight excluding hydrogens is 463 g/mol. The lowest BCUT2D eigenvalue weighted by Crippen LogP contribution is -2.43. The number of hydrogen-bond acceptors (Lipinski definition) is 5. The summed E-state index contributed by atoms with van der Waals surface area (Å²) < 4.78 is 48.8. The standard InChI is InChI=1S/C26H20F3NO5/c1-34-25(33)22(30-15-18-5-2-3-8-21(18)23(30)31)13-16-9-11-20(12-10-16)35-24(32)17-6-4-7-19(14-17)26(27,28)29/h2-12,14,22H,13,15H2,1H3/t22-/m0/s1. The molecule has 6 nitrogen and oxygen atoms in total. The molecule has 1 aliphatic heterocycles. The Hall–Kier alpha value is -4.14.